The summed E-state index contributed by atoms with van der Waals surface area (Å²) in [6.45, 7) is 6.52. The number of hydrogen-bond donors (Lipinski definition) is 1. The van der Waals surface area contributed by atoms with Gasteiger partial charge in [0.15, 0.2) is 0 Å². The first-order chi connectivity index (χ1) is 10.8. The molecule has 0 amide bonds. The zero-order valence-electron chi connectivity index (χ0n) is 13.4. The molecule has 0 saturated heterocycles. The molecule has 23 heavy (non-hydrogen) atoms. The highest BCUT2D eigenvalue weighted by Gasteiger charge is 2.13. The van der Waals surface area contributed by atoms with Crippen LogP contribution >= 0.6 is 0 Å². The Morgan fingerprint density at radius 1 is 1.00 bits per heavy atom. The van der Waals surface area contributed by atoms with Crippen LogP contribution in [0.5, 0.6) is 0 Å². The first-order valence-electron chi connectivity index (χ1n) is 7.45. The van der Waals surface area contributed by atoms with Crippen LogP contribution in [0, 0.1) is 0 Å². The number of aromatic nitrogens is 2. The molecule has 0 unspecified atom stereocenters. The summed E-state index contributed by atoms with van der Waals surface area (Å²) in [7, 11) is 0. The van der Waals surface area contributed by atoms with E-state index in [0.29, 0.717) is 11.0 Å². The average Bonchev–Trinajstić information content (AvgIpc) is 2.53. The largest absolute Gasteiger partial charge is 0.478 e. The second-order valence-corrected chi connectivity index (χ2v) is 6.59. The Bertz CT molecular complexity index is 878. The number of carbonyl (C=O) groups is 1. The first-order valence-corrected chi connectivity index (χ1v) is 7.45. The van der Waals surface area contributed by atoms with Crippen LogP contribution in [0.4, 0.5) is 0 Å². The quantitative estimate of drug-likeness (QED) is 0.767. The van der Waals surface area contributed by atoms with Crippen LogP contribution in [-0.2, 0) is 5.41 Å². The van der Waals surface area contributed by atoms with Gasteiger partial charge in [0.05, 0.1) is 28.5 Å². The van der Waals surface area contributed by atoms with E-state index in [0.717, 1.165) is 11.3 Å². The van der Waals surface area contributed by atoms with Crippen molar-refractivity contribution in [1.82, 2.24) is 9.97 Å². The minimum Gasteiger partial charge on any atom is -0.478 e. The summed E-state index contributed by atoms with van der Waals surface area (Å²) in [4.78, 5) is 20.0. The van der Waals surface area contributed by atoms with E-state index < -0.39 is 5.97 Å². The van der Waals surface area contributed by atoms with Crippen LogP contribution in [0.15, 0.2) is 48.7 Å². The normalized spacial score (nSPS) is 11.6. The summed E-state index contributed by atoms with van der Waals surface area (Å²) < 4.78 is 0. The third-order valence-electron chi connectivity index (χ3n) is 3.84. The predicted octanol–water partition coefficient (Wildman–Crippen LogP) is 4.29. The number of nitrogens with zero attached hydrogens (tertiary/aromatic N) is 2. The van der Waals surface area contributed by atoms with Gasteiger partial charge in [-0.1, -0.05) is 45.0 Å². The Hall–Kier alpha value is -2.75. The number of aromatic carboxylic acids is 1. The molecule has 0 spiro atoms. The van der Waals surface area contributed by atoms with E-state index >= 15 is 0 Å². The maximum atomic E-state index is 11.1. The number of rotatable bonds is 2. The summed E-state index contributed by atoms with van der Waals surface area (Å²) in [5.41, 5.74) is 4.54. The van der Waals surface area contributed by atoms with Gasteiger partial charge in [-0.3, -0.25) is 4.98 Å². The number of carboxylic acids is 1. The van der Waals surface area contributed by atoms with Crippen molar-refractivity contribution in [3.8, 4) is 11.3 Å². The Labute approximate surface area is 134 Å². The number of fused-ring (bicyclic) bond motifs is 1. The van der Waals surface area contributed by atoms with Gasteiger partial charge in [-0.25, -0.2) is 9.78 Å². The van der Waals surface area contributed by atoms with Gasteiger partial charge in [-0.2, -0.15) is 0 Å². The third kappa shape index (κ3) is 3.06. The lowest BCUT2D eigenvalue weighted by molar-refractivity contribution is 0.0697. The lowest BCUT2D eigenvalue weighted by Gasteiger charge is -2.19. The van der Waals surface area contributed by atoms with E-state index in [1.54, 1.807) is 18.3 Å². The summed E-state index contributed by atoms with van der Waals surface area (Å²) in [6, 6.07) is 13.0. The number of hydrogen-bond acceptors (Lipinski definition) is 3. The maximum absolute atomic E-state index is 11.1. The van der Waals surface area contributed by atoms with Crippen molar-refractivity contribution in [2.24, 2.45) is 0 Å². The topological polar surface area (TPSA) is 63.1 Å². The molecule has 0 fully saturated rings. The van der Waals surface area contributed by atoms with Crippen molar-refractivity contribution < 1.29 is 9.90 Å². The third-order valence-corrected chi connectivity index (χ3v) is 3.84. The Morgan fingerprint density at radius 3 is 2.30 bits per heavy atom. The van der Waals surface area contributed by atoms with Crippen LogP contribution in [-0.4, -0.2) is 21.0 Å². The molecule has 1 heterocycles. The summed E-state index contributed by atoms with van der Waals surface area (Å²) in [6.07, 6.45) is 1.72. The van der Waals surface area contributed by atoms with Gasteiger partial charge >= 0.3 is 5.97 Å². The highest BCUT2D eigenvalue weighted by molar-refractivity contribution is 5.92. The van der Waals surface area contributed by atoms with Gasteiger partial charge < -0.3 is 5.11 Å². The second-order valence-electron chi connectivity index (χ2n) is 6.59. The van der Waals surface area contributed by atoms with E-state index in [4.69, 9.17) is 5.11 Å². The SMILES string of the molecule is CC(C)(C)c1ccc(-c2cnc3ccc(C(=O)O)cc3n2)cc1. The molecule has 0 aliphatic rings. The van der Waals surface area contributed by atoms with Crippen molar-refractivity contribution in [3.63, 3.8) is 0 Å². The molecular weight excluding hydrogens is 288 g/mol. The molecule has 116 valence electrons. The van der Waals surface area contributed by atoms with E-state index in [1.165, 1.54) is 11.6 Å². The predicted molar refractivity (Wildman–Crippen MR) is 90.6 cm³/mol. The fraction of sp³-hybridized carbons (Fsp3) is 0.211. The van der Waals surface area contributed by atoms with Crippen LogP contribution in [0.1, 0.15) is 36.7 Å². The molecule has 0 radical (unpaired) electrons. The van der Waals surface area contributed by atoms with Gasteiger partial charge in [-0.05, 0) is 29.2 Å². The molecule has 0 atom stereocenters. The van der Waals surface area contributed by atoms with E-state index in [1.807, 2.05) is 12.1 Å². The summed E-state index contributed by atoms with van der Waals surface area (Å²) in [5, 5.41) is 9.09. The minimum atomic E-state index is -0.964. The Balaban J connectivity index is 2.04. The first kappa shape index (κ1) is 15.2. The highest BCUT2D eigenvalue weighted by atomic mass is 16.4. The highest BCUT2D eigenvalue weighted by Crippen LogP contribution is 2.26. The zero-order valence-corrected chi connectivity index (χ0v) is 13.4. The summed E-state index contributed by atoms with van der Waals surface area (Å²) in [5.74, 6) is -0.964. The van der Waals surface area contributed by atoms with Gasteiger partial charge in [0.25, 0.3) is 0 Å². The molecule has 0 bridgehead atoms. The monoisotopic (exact) mass is 306 g/mol. The van der Waals surface area contributed by atoms with Crippen molar-refractivity contribution >= 4 is 17.0 Å². The van der Waals surface area contributed by atoms with Crippen molar-refractivity contribution in [1.29, 1.82) is 0 Å². The van der Waals surface area contributed by atoms with Crippen molar-refractivity contribution in [2.75, 3.05) is 0 Å². The molecule has 4 heteroatoms. The Morgan fingerprint density at radius 2 is 1.70 bits per heavy atom. The van der Waals surface area contributed by atoms with Gasteiger partial charge in [-0.15, -0.1) is 0 Å². The fourth-order valence-electron chi connectivity index (χ4n) is 2.42. The van der Waals surface area contributed by atoms with Crippen LogP contribution < -0.4 is 0 Å². The minimum absolute atomic E-state index is 0.101. The molecule has 0 saturated carbocycles. The van der Waals surface area contributed by atoms with Crippen LogP contribution in [0.3, 0.4) is 0 Å². The Kier molecular flexibility index (Phi) is 3.60. The molecular formula is C19H18N2O2. The lowest BCUT2D eigenvalue weighted by Crippen LogP contribution is -2.10. The van der Waals surface area contributed by atoms with Crippen LogP contribution in [0.2, 0.25) is 0 Å². The molecule has 4 nitrogen and oxygen atoms in total. The smallest absolute Gasteiger partial charge is 0.335 e. The van der Waals surface area contributed by atoms with Gasteiger partial charge in [0.2, 0.25) is 0 Å². The standard InChI is InChI=1S/C19H18N2O2/c1-19(2,3)14-7-4-12(5-8-14)17-11-20-15-9-6-13(18(22)23)10-16(15)21-17/h4-11H,1-3H3,(H,22,23). The number of carboxylic acid groups (broad SMARTS) is 1. The molecule has 3 rings (SSSR count). The van der Waals surface area contributed by atoms with Crippen LogP contribution in [0.25, 0.3) is 22.3 Å². The lowest BCUT2D eigenvalue weighted by atomic mass is 9.86. The van der Waals surface area contributed by atoms with E-state index in [9.17, 15) is 4.79 Å². The molecule has 3 aromatic rings. The molecule has 0 aliphatic carbocycles. The van der Waals surface area contributed by atoms with E-state index in [2.05, 4.69) is 42.9 Å². The van der Waals surface area contributed by atoms with Gasteiger partial charge in [0.1, 0.15) is 0 Å². The number of benzene rings is 2. The zero-order chi connectivity index (χ0) is 16.6. The fourth-order valence-corrected chi connectivity index (χ4v) is 2.42. The molecule has 1 aromatic heterocycles. The van der Waals surface area contributed by atoms with Crippen molar-refractivity contribution in [2.45, 2.75) is 26.2 Å². The van der Waals surface area contributed by atoms with Gasteiger partial charge in [0, 0.05) is 5.56 Å². The average molecular weight is 306 g/mol. The van der Waals surface area contributed by atoms with Crippen molar-refractivity contribution in [3.05, 3.63) is 59.8 Å². The maximum Gasteiger partial charge on any atom is 0.335 e. The molecule has 0 aliphatic heterocycles. The summed E-state index contributed by atoms with van der Waals surface area (Å²) >= 11 is 0. The second kappa shape index (κ2) is 5.47. The molecule has 1 N–H and O–H groups in total. The molecule has 2 aromatic carbocycles. The van der Waals surface area contributed by atoms with E-state index in [-0.39, 0.29) is 11.0 Å².